The maximum absolute atomic E-state index is 14.1. The lowest BCUT2D eigenvalue weighted by Crippen LogP contribution is -2.65. The van der Waals surface area contributed by atoms with Crippen LogP contribution >= 0.6 is 0 Å². The molecule has 1 fully saturated rings. The Labute approximate surface area is 172 Å². The molecule has 0 aromatic heterocycles. The molecule has 1 saturated carbocycles. The van der Waals surface area contributed by atoms with Crippen LogP contribution in [0.1, 0.15) is 39.1 Å². The molecule has 0 heterocycles. The van der Waals surface area contributed by atoms with Crippen LogP contribution in [0.2, 0.25) is 0 Å². The van der Waals surface area contributed by atoms with Crippen molar-refractivity contribution in [3.05, 3.63) is 71.3 Å². The molecule has 0 saturated heterocycles. The summed E-state index contributed by atoms with van der Waals surface area (Å²) in [4.78, 5) is 28.4. The predicted molar refractivity (Wildman–Crippen MR) is 111 cm³/mol. The predicted octanol–water partition coefficient (Wildman–Crippen LogP) is 4.14. The van der Waals surface area contributed by atoms with Gasteiger partial charge in [-0.15, -0.1) is 0 Å². The lowest BCUT2D eigenvalue weighted by molar-refractivity contribution is 0.0581. The van der Waals surface area contributed by atoms with Gasteiger partial charge in [0.1, 0.15) is 10.5 Å². The number of fused-ring (bicyclic) bond motifs is 2. The molecule has 6 rings (SSSR count). The second kappa shape index (κ2) is 6.49. The Hall–Kier alpha value is -2.53. The van der Waals surface area contributed by atoms with Gasteiger partial charge in [-0.1, -0.05) is 42.0 Å². The van der Waals surface area contributed by atoms with Crippen molar-refractivity contribution in [1.29, 1.82) is 0 Å². The second-order valence-electron chi connectivity index (χ2n) is 8.16. The summed E-state index contributed by atoms with van der Waals surface area (Å²) in [6, 6.07) is 12.6. The summed E-state index contributed by atoms with van der Waals surface area (Å²) in [6.07, 6.45) is 5.68. The Bertz CT molecular complexity index is 1080. The summed E-state index contributed by atoms with van der Waals surface area (Å²) in [6.45, 7) is 1.97. The van der Waals surface area contributed by atoms with E-state index in [1.165, 1.54) is 7.11 Å². The van der Waals surface area contributed by atoms with E-state index in [1.807, 2.05) is 37.3 Å². The number of carbonyl (C=O) groups is 2. The van der Waals surface area contributed by atoms with Gasteiger partial charge in [0.2, 0.25) is 0 Å². The summed E-state index contributed by atoms with van der Waals surface area (Å²) < 4.78 is 18.2. The Balaban J connectivity index is 1.78. The van der Waals surface area contributed by atoms with Gasteiger partial charge in [0.25, 0.3) is 0 Å². The van der Waals surface area contributed by atoms with Crippen LogP contribution in [0.15, 0.2) is 59.5 Å². The van der Waals surface area contributed by atoms with Gasteiger partial charge in [0, 0.05) is 16.4 Å². The normalized spacial score (nSPS) is 30.6. The molecule has 1 unspecified atom stereocenters. The molecular weight excluding hydrogens is 384 g/mol. The molecule has 148 valence electrons. The van der Waals surface area contributed by atoms with Crippen molar-refractivity contribution >= 4 is 22.4 Å². The Kier molecular flexibility index (Phi) is 4.14. The first-order valence-corrected chi connectivity index (χ1v) is 11.1. The Morgan fingerprint density at radius 1 is 1.03 bits per heavy atom. The number of aryl methyl sites for hydroxylation is 1. The number of rotatable bonds is 3. The van der Waals surface area contributed by atoms with Crippen LogP contribution in [0.4, 0.5) is 0 Å². The number of Topliss-reactive ketones (excluding diaryl/α,β-unsaturated/α-hetero) is 2. The van der Waals surface area contributed by atoms with Crippen molar-refractivity contribution in [2.45, 2.75) is 29.4 Å². The summed E-state index contributed by atoms with van der Waals surface area (Å²) >= 11 is 0. The molecule has 5 atom stereocenters. The van der Waals surface area contributed by atoms with E-state index in [1.54, 1.807) is 18.2 Å². The molecular formula is C24H22O4S. The standard InChI is InChI=1S/C24H22O4S/c1-14-6-12-17(13-7-14)29(27)24-16-10-8-15(9-11-16)21(24)22(25)20-18(23(24)26)4-3-5-19(20)28-2/h3-8,10,12-13,15-16,21H,9,11H2,1-2H3/t15-,16+,21+,24-,29?/m0/s1. The van der Waals surface area contributed by atoms with Gasteiger partial charge in [-0.05, 0) is 43.9 Å². The number of hydrogen-bond donors (Lipinski definition) is 0. The largest absolute Gasteiger partial charge is 0.496 e. The molecule has 4 aliphatic rings. The summed E-state index contributed by atoms with van der Waals surface area (Å²) in [5, 5.41) is 0. The fourth-order valence-electron chi connectivity index (χ4n) is 5.43. The van der Waals surface area contributed by atoms with Gasteiger partial charge in [0.05, 0.1) is 29.4 Å². The summed E-state index contributed by atoms with van der Waals surface area (Å²) in [7, 11) is -0.138. The van der Waals surface area contributed by atoms with E-state index >= 15 is 0 Å². The van der Waals surface area contributed by atoms with Crippen LogP contribution in [0.5, 0.6) is 5.75 Å². The monoisotopic (exact) mass is 406 g/mol. The minimum absolute atomic E-state index is 0.0797. The molecule has 0 radical (unpaired) electrons. The minimum Gasteiger partial charge on any atom is -0.496 e. The second-order valence-corrected chi connectivity index (χ2v) is 9.85. The highest BCUT2D eigenvalue weighted by Crippen LogP contribution is 2.57. The molecule has 4 nitrogen and oxygen atoms in total. The zero-order valence-electron chi connectivity index (χ0n) is 16.4. The maximum Gasteiger partial charge on any atom is 0.184 e. The zero-order chi connectivity index (χ0) is 20.3. The number of carbonyl (C=O) groups excluding carboxylic acids is 2. The fraction of sp³-hybridized carbons (Fsp3) is 0.333. The lowest BCUT2D eigenvalue weighted by Gasteiger charge is -2.53. The van der Waals surface area contributed by atoms with Crippen molar-refractivity contribution in [3.8, 4) is 5.75 Å². The highest BCUT2D eigenvalue weighted by atomic mass is 32.2. The average molecular weight is 407 g/mol. The van der Waals surface area contributed by atoms with Crippen LogP contribution in [0, 0.1) is 24.7 Å². The molecule has 4 aliphatic carbocycles. The third-order valence-electron chi connectivity index (χ3n) is 6.76. The zero-order valence-corrected chi connectivity index (χ0v) is 17.2. The molecule has 0 amide bonds. The number of ether oxygens (including phenoxy) is 1. The van der Waals surface area contributed by atoms with Gasteiger partial charge in [-0.3, -0.25) is 13.8 Å². The highest BCUT2D eigenvalue weighted by molar-refractivity contribution is 7.87. The first kappa shape index (κ1) is 18.5. The minimum atomic E-state index is -1.64. The van der Waals surface area contributed by atoms with E-state index in [0.717, 1.165) is 18.4 Å². The Morgan fingerprint density at radius 2 is 1.79 bits per heavy atom. The van der Waals surface area contributed by atoms with Crippen molar-refractivity contribution in [2.24, 2.45) is 17.8 Å². The maximum atomic E-state index is 14.1. The number of allylic oxidation sites excluding steroid dienone is 2. The van der Waals surface area contributed by atoms with Gasteiger partial charge < -0.3 is 4.74 Å². The van der Waals surface area contributed by atoms with Crippen LogP contribution in [-0.2, 0) is 10.8 Å². The molecule has 5 heteroatoms. The number of methoxy groups -OCH3 is 1. The molecule has 0 aliphatic heterocycles. The van der Waals surface area contributed by atoms with Gasteiger partial charge in [0.15, 0.2) is 11.6 Å². The van der Waals surface area contributed by atoms with E-state index < -0.39 is 21.5 Å². The van der Waals surface area contributed by atoms with E-state index in [-0.39, 0.29) is 23.4 Å². The van der Waals surface area contributed by atoms with E-state index in [4.69, 9.17) is 4.74 Å². The smallest absolute Gasteiger partial charge is 0.184 e. The van der Waals surface area contributed by atoms with Crippen molar-refractivity contribution in [2.75, 3.05) is 7.11 Å². The SMILES string of the molecule is COc1cccc2c1C(=O)[C@H]1[C@H]3C=C[C@H](CC3)[C@@]1(S(=O)c1ccc(C)cc1)C2=O. The van der Waals surface area contributed by atoms with E-state index in [2.05, 4.69) is 6.08 Å². The molecule has 29 heavy (non-hydrogen) atoms. The van der Waals surface area contributed by atoms with Crippen molar-refractivity contribution in [1.82, 2.24) is 0 Å². The molecule has 2 aromatic carbocycles. The third-order valence-corrected chi connectivity index (χ3v) is 8.81. The third kappa shape index (κ3) is 2.34. The quantitative estimate of drug-likeness (QED) is 0.719. The molecule has 0 spiro atoms. The van der Waals surface area contributed by atoms with Crippen LogP contribution in [-0.4, -0.2) is 27.6 Å². The number of ketones is 2. The highest BCUT2D eigenvalue weighted by Gasteiger charge is 2.66. The molecule has 0 N–H and O–H groups in total. The molecule has 2 aromatic rings. The van der Waals surface area contributed by atoms with Crippen molar-refractivity contribution in [3.63, 3.8) is 0 Å². The van der Waals surface area contributed by atoms with Crippen LogP contribution in [0.3, 0.4) is 0 Å². The lowest BCUT2D eigenvalue weighted by atomic mass is 9.55. The average Bonchev–Trinajstić information content (AvgIpc) is 2.77. The van der Waals surface area contributed by atoms with Crippen LogP contribution < -0.4 is 4.74 Å². The number of benzene rings is 2. The van der Waals surface area contributed by atoms with Gasteiger partial charge >= 0.3 is 0 Å². The Morgan fingerprint density at radius 3 is 2.45 bits per heavy atom. The topological polar surface area (TPSA) is 60.4 Å². The first-order chi connectivity index (χ1) is 14.0. The van der Waals surface area contributed by atoms with Crippen LogP contribution in [0.25, 0.3) is 0 Å². The van der Waals surface area contributed by atoms with Crippen molar-refractivity contribution < 1.29 is 18.5 Å². The van der Waals surface area contributed by atoms with E-state index in [9.17, 15) is 13.8 Å². The molecule has 2 bridgehead atoms. The van der Waals surface area contributed by atoms with Gasteiger partial charge in [-0.2, -0.15) is 0 Å². The number of hydrogen-bond acceptors (Lipinski definition) is 4. The summed E-state index contributed by atoms with van der Waals surface area (Å²) in [5.41, 5.74) is 1.75. The fourth-order valence-corrected chi connectivity index (χ4v) is 7.46. The first-order valence-electron chi connectivity index (χ1n) is 9.93. The summed E-state index contributed by atoms with van der Waals surface area (Å²) in [5.74, 6) is -0.796. The van der Waals surface area contributed by atoms with E-state index in [0.29, 0.717) is 21.8 Å². The van der Waals surface area contributed by atoms with Gasteiger partial charge in [-0.25, -0.2) is 0 Å².